The van der Waals surface area contributed by atoms with Gasteiger partial charge in [0.1, 0.15) is 6.04 Å². The molecule has 1 aromatic carbocycles. The number of benzene rings is 1. The largest absolute Gasteiger partial charge is 0.467 e. The topological polar surface area (TPSA) is 46.6 Å². The van der Waals surface area contributed by atoms with Crippen LogP contribution < -0.4 is 0 Å². The number of hydrogen-bond donors (Lipinski definition) is 0. The molecule has 1 amide bonds. The predicted octanol–water partition coefficient (Wildman–Crippen LogP) is 3.76. The van der Waals surface area contributed by atoms with E-state index in [1.807, 2.05) is 0 Å². The Hall–Kier alpha value is -1.47. The van der Waals surface area contributed by atoms with E-state index < -0.39 is 30.1 Å². The van der Waals surface area contributed by atoms with Gasteiger partial charge in [0.25, 0.3) is 0 Å². The number of rotatable bonds is 3. The van der Waals surface area contributed by atoms with Crippen LogP contribution in [0.4, 0.5) is 13.2 Å². The van der Waals surface area contributed by atoms with Gasteiger partial charge in [-0.25, -0.2) is 4.79 Å². The maximum atomic E-state index is 13.6. The lowest BCUT2D eigenvalue weighted by atomic mass is 10.0. The molecule has 2 atom stereocenters. The Morgan fingerprint density at radius 2 is 1.87 bits per heavy atom. The number of halogens is 5. The Labute approximate surface area is 140 Å². The highest BCUT2D eigenvalue weighted by atomic mass is 35.5. The first kappa shape index (κ1) is 17.9. The van der Waals surface area contributed by atoms with E-state index in [-0.39, 0.29) is 28.5 Å². The monoisotopic (exact) mass is 369 g/mol. The summed E-state index contributed by atoms with van der Waals surface area (Å²) in [7, 11) is 1.06. The molecule has 1 fully saturated rings. The number of methoxy groups -OCH3 is 1. The fraction of sp³-hybridized carbons (Fsp3) is 0.429. The lowest BCUT2D eigenvalue weighted by Crippen LogP contribution is -2.47. The highest BCUT2D eigenvalue weighted by Gasteiger charge is 2.52. The Kier molecular flexibility index (Phi) is 5.10. The molecule has 0 saturated carbocycles. The zero-order valence-electron chi connectivity index (χ0n) is 11.9. The van der Waals surface area contributed by atoms with Crippen LogP contribution in [0, 0.1) is 0 Å². The number of amides is 1. The van der Waals surface area contributed by atoms with E-state index in [0.29, 0.717) is 4.90 Å². The number of hydrogen-bond acceptors (Lipinski definition) is 3. The van der Waals surface area contributed by atoms with Crippen molar-refractivity contribution in [3.8, 4) is 0 Å². The van der Waals surface area contributed by atoms with Gasteiger partial charge in [0.15, 0.2) is 6.04 Å². The summed E-state index contributed by atoms with van der Waals surface area (Å²) in [5.74, 6) is -1.67. The van der Waals surface area contributed by atoms with Gasteiger partial charge in [0.05, 0.1) is 7.11 Å². The SMILES string of the molecule is COC(=O)C1CCC(=O)N1C(c1cc(Cl)cc(Cl)c1)C(F)(F)F. The average molecular weight is 370 g/mol. The van der Waals surface area contributed by atoms with Crippen molar-refractivity contribution >= 4 is 35.1 Å². The number of esters is 1. The van der Waals surface area contributed by atoms with Gasteiger partial charge in [-0.3, -0.25) is 4.79 Å². The lowest BCUT2D eigenvalue weighted by molar-refractivity contribution is -0.196. The van der Waals surface area contributed by atoms with Gasteiger partial charge >= 0.3 is 12.1 Å². The Morgan fingerprint density at radius 1 is 1.30 bits per heavy atom. The first-order valence-electron chi connectivity index (χ1n) is 6.57. The van der Waals surface area contributed by atoms with E-state index in [9.17, 15) is 22.8 Å². The molecule has 1 heterocycles. The molecule has 2 rings (SSSR count). The number of alkyl halides is 3. The molecule has 1 aliphatic rings. The van der Waals surface area contributed by atoms with Crippen molar-refractivity contribution in [2.75, 3.05) is 7.11 Å². The van der Waals surface area contributed by atoms with E-state index in [0.717, 1.165) is 19.2 Å². The minimum Gasteiger partial charge on any atom is -0.467 e. The molecule has 0 bridgehead atoms. The third-order valence-corrected chi connectivity index (χ3v) is 3.95. The van der Waals surface area contributed by atoms with Crippen molar-refractivity contribution < 1.29 is 27.5 Å². The van der Waals surface area contributed by atoms with Gasteiger partial charge < -0.3 is 9.64 Å². The summed E-state index contributed by atoms with van der Waals surface area (Å²) < 4.78 is 45.3. The molecule has 126 valence electrons. The summed E-state index contributed by atoms with van der Waals surface area (Å²) in [6.45, 7) is 0. The maximum Gasteiger partial charge on any atom is 0.413 e. The van der Waals surface area contributed by atoms with Crippen LogP contribution in [-0.2, 0) is 14.3 Å². The summed E-state index contributed by atoms with van der Waals surface area (Å²) in [5, 5.41) is 0.00558. The summed E-state index contributed by atoms with van der Waals surface area (Å²) in [6.07, 6.45) is -5.01. The number of carbonyl (C=O) groups excluding carboxylic acids is 2. The summed E-state index contributed by atoms with van der Waals surface area (Å²) in [4.78, 5) is 24.2. The number of nitrogens with zero attached hydrogens (tertiary/aromatic N) is 1. The maximum absolute atomic E-state index is 13.6. The molecule has 1 saturated heterocycles. The van der Waals surface area contributed by atoms with Gasteiger partial charge in [-0.05, 0) is 30.2 Å². The van der Waals surface area contributed by atoms with Crippen LogP contribution in [0.15, 0.2) is 18.2 Å². The number of ether oxygens (including phenoxy) is 1. The van der Waals surface area contributed by atoms with E-state index in [2.05, 4.69) is 4.74 Å². The quantitative estimate of drug-likeness (QED) is 0.762. The van der Waals surface area contributed by atoms with Crippen molar-refractivity contribution in [1.82, 2.24) is 4.90 Å². The molecule has 1 aromatic rings. The Balaban J connectivity index is 2.54. The van der Waals surface area contributed by atoms with Gasteiger partial charge in [-0.1, -0.05) is 23.2 Å². The van der Waals surface area contributed by atoms with E-state index >= 15 is 0 Å². The second-order valence-corrected chi connectivity index (χ2v) is 5.90. The minimum atomic E-state index is -4.81. The fourth-order valence-electron chi connectivity index (χ4n) is 2.63. The number of likely N-dealkylation sites (tertiary alicyclic amines) is 1. The molecular formula is C14H12Cl2F3NO3. The van der Waals surface area contributed by atoms with Crippen molar-refractivity contribution in [2.24, 2.45) is 0 Å². The first-order valence-corrected chi connectivity index (χ1v) is 7.32. The van der Waals surface area contributed by atoms with Crippen LogP contribution in [0.25, 0.3) is 0 Å². The van der Waals surface area contributed by atoms with Crippen molar-refractivity contribution in [1.29, 1.82) is 0 Å². The molecule has 9 heteroatoms. The van der Waals surface area contributed by atoms with Gasteiger partial charge in [0, 0.05) is 16.5 Å². The van der Waals surface area contributed by atoms with E-state index in [1.54, 1.807) is 0 Å². The Morgan fingerprint density at radius 3 is 2.35 bits per heavy atom. The minimum absolute atomic E-state index is 0.00279. The molecule has 2 unspecified atom stereocenters. The standard InChI is InChI=1S/C14H12Cl2F3NO3/c1-23-13(22)10-2-3-11(21)20(10)12(14(17,18)19)7-4-8(15)6-9(16)5-7/h4-6,10,12H,2-3H2,1H3. The fourth-order valence-corrected chi connectivity index (χ4v) is 3.18. The van der Waals surface area contributed by atoms with Crippen LogP contribution in [0.2, 0.25) is 10.0 Å². The van der Waals surface area contributed by atoms with E-state index in [4.69, 9.17) is 23.2 Å². The second kappa shape index (κ2) is 6.57. The molecule has 23 heavy (non-hydrogen) atoms. The first-order chi connectivity index (χ1) is 10.6. The smallest absolute Gasteiger partial charge is 0.413 e. The highest BCUT2D eigenvalue weighted by Crippen LogP contribution is 2.43. The third kappa shape index (κ3) is 3.72. The highest BCUT2D eigenvalue weighted by molar-refractivity contribution is 6.34. The summed E-state index contributed by atoms with van der Waals surface area (Å²) in [5.41, 5.74) is -0.306. The van der Waals surface area contributed by atoms with Gasteiger partial charge in [-0.2, -0.15) is 13.2 Å². The second-order valence-electron chi connectivity index (χ2n) is 5.03. The summed E-state index contributed by atoms with van der Waals surface area (Å²) >= 11 is 11.5. The van der Waals surface area contributed by atoms with Crippen molar-refractivity contribution in [3.63, 3.8) is 0 Å². The molecular weight excluding hydrogens is 358 g/mol. The Bertz CT molecular complexity index is 616. The zero-order chi connectivity index (χ0) is 17.4. The zero-order valence-corrected chi connectivity index (χ0v) is 13.4. The molecule has 0 N–H and O–H groups in total. The predicted molar refractivity (Wildman–Crippen MR) is 77.1 cm³/mol. The molecule has 0 aromatic heterocycles. The number of carbonyl (C=O) groups is 2. The normalized spacial score (nSPS) is 19.8. The lowest BCUT2D eigenvalue weighted by Gasteiger charge is -2.33. The molecule has 0 aliphatic carbocycles. The van der Waals surface area contributed by atoms with Crippen molar-refractivity contribution in [3.05, 3.63) is 33.8 Å². The van der Waals surface area contributed by atoms with Crippen LogP contribution in [0.5, 0.6) is 0 Å². The molecule has 0 radical (unpaired) electrons. The van der Waals surface area contributed by atoms with Gasteiger partial charge in [0.2, 0.25) is 5.91 Å². The molecule has 1 aliphatic heterocycles. The van der Waals surface area contributed by atoms with Crippen molar-refractivity contribution in [2.45, 2.75) is 31.1 Å². The molecule has 4 nitrogen and oxygen atoms in total. The average Bonchev–Trinajstić information content (AvgIpc) is 2.77. The third-order valence-electron chi connectivity index (χ3n) is 3.52. The van der Waals surface area contributed by atoms with Gasteiger partial charge in [-0.15, -0.1) is 0 Å². The molecule has 0 spiro atoms. The van der Waals surface area contributed by atoms with Crippen LogP contribution in [0.3, 0.4) is 0 Å². The summed E-state index contributed by atoms with van der Waals surface area (Å²) in [6, 6.07) is -0.185. The van der Waals surface area contributed by atoms with Crippen LogP contribution >= 0.6 is 23.2 Å². The van der Waals surface area contributed by atoms with E-state index in [1.165, 1.54) is 6.07 Å². The van der Waals surface area contributed by atoms with Crippen LogP contribution in [0.1, 0.15) is 24.4 Å². The van der Waals surface area contributed by atoms with Crippen LogP contribution in [-0.4, -0.2) is 36.1 Å².